The van der Waals surface area contributed by atoms with Gasteiger partial charge in [-0.1, -0.05) is 43.3 Å². The van der Waals surface area contributed by atoms with Crippen LogP contribution in [0.2, 0.25) is 0 Å². The lowest BCUT2D eigenvalue weighted by Crippen LogP contribution is -2.34. The zero-order valence-electron chi connectivity index (χ0n) is 19.4. The molecule has 0 saturated carbocycles. The number of hydrogen-bond acceptors (Lipinski definition) is 6. The number of benzene rings is 2. The monoisotopic (exact) mass is 465 g/mol. The molecule has 2 unspecified atom stereocenters. The van der Waals surface area contributed by atoms with E-state index in [-0.39, 0.29) is 35.0 Å². The van der Waals surface area contributed by atoms with Crippen molar-refractivity contribution in [1.29, 1.82) is 0 Å². The Bertz CT molecular complexity index is 1090. The molecule has 34 heavy (non-hydrogen) atoms. The number of para-hydroxylation sites is 1. The Kier molecular flexibility index (Phi) is 8.26. The van der Waals surface area contributed by atoms with Crippen LogP contribution in [0.25, 0.3) is 5.70 Å². The van der Waals surface area contributed by atoms with Crippen molar-refractivity contribution in [3.05, 3.63) is 70.8 Å². The van der Waals surface area contributed by atoms with Crippen molar-refractivity contribution in [1.82, 2.24) is 5.32 Å². The highest BCUT2D eigenvalue weighted by Crippen LogP contribution is 2.21. The van der Waals surface area contributed by atoms with Gasteiger partial charge in [-0.2, -0.15) is 0 Å². The van der Waals surface area contributed by atoms with Gasteiger partial charge in [-0.15, -0.1) is 0 Å². The molecule has 9 heteroatoms. The number of hydrogen-bond donors (Lipinski definition) is 4. The van der Waals surface area contributed by atoms with Gasteiger partial charge in [0.15, 0.2) is 0 Å². The van der Waals surface area contributed by atoms with E-state index in [1.54, 1.807) is 48.5 Å². The molecule has 1 aliphatic rings. The summed E-state index contributed by atoms with van der Waals surface area (Å²) in [6, 6.07) is 14.0. The van der Waals surface area contributed by atoms with E-state index in [4.69, 9.17) is 26.7 Å². The number of rotatable bonds is 8. The lowest BCUT2D eigenvalue weighted by Gasteiger charge is -2.26. The molecule has 1 saturated heterocycles. The van der Waals surface area contributed by atoms with Gasteiger partial charge in [-0.05, 0) is 29.7 Å². The number of amides is 2. The van der Waals surface area contributed by atoms with E-state index in [0.717, 1.165) is 5.56 Å². The summed E-state index contributed by atoms with van der Waals surface area (Å²) in [7, 11) is 1.52. The van der Waals surface area contributed by atoms with Gasteiger partial charge in [0, 0.05) is 19.1 Å². The highest BCUT2D eigenvalue weighted by molar-refractivity contribution is 6.24. The number of primary amides is 1. The molecule has 1 fully saturated rings. The Morgan fingerprint density at radius 3 is 2.47 bits per heavy atom. The molecule has 3 rings (SSSR count). The molecular formula is C25H31N5O4. The number of ether oxygens (including phenoxy) is 2. The van der Waals surface area contributed by atoms with Crippen LogP contribution < -0.4 is 27.3 Å². The number of amidine groups is 1. The average molecular weight is 466 g/mol. The standard InChI is InChI=1S/C25H31N5O4/c1-15-14-34-12-11-19(15)30-23(27)21(24(28)31)22(26)17-9-7-16(8-10-17)13-29-25(32)18-5-3-4-6-20(18)33-2/h3-10,15,19H,11-14,26H2,1-2H3,(H2,27,30)(H2,28,31)(H,29,32). The highest BCUT2D eigenvalue weighted by atomic mass is 16.5. The number of aliphatic imine (C=N–C) groups is 1. The van der Waals surface area contributed by atoms with Gasteiger partial charge in [0.25, 0.3) is 11.8 Å². The first-order chi connectivity index (χ1) is 16.3. The molecule has 180 valence electrons. The number of methoxy groups -OCH3 is 1. The molecule has 7 N–H and O–H groups in total. The van der Waals surface area contributed by atoms with Crippen LogP contribution in [0.15, 0.2) is 59.1 Å². The minimum absolute atomic E-state index is 0.00378. The summed E-state index contributed by atoms with van der Waals surface area (Å²) in [4.78, 5) is 29.2. The summed E-state index contributed by atoms with van der Waals surface area (Å²) in [5.74, 6) is -0.290. The van der Waals surface area contributed by atoms with E-state index in [0.29, 0.717) is 43.1 Å². The number of carbonyl (C=O) groups excluding carboxylic acids is 2. The second-order valence-electron chi connectivity index (χ2n) is 8.16. The molecule has 2 atom stereocenters. The third kappa shape index (κ3) is 5.93. The van der Waals surface area contributed by atoms with Gasteiger partial charge in [-0.3, -0.25) is 14.6 Å². The van der Waals surface area contributed by atoms with Crippen LogP contribution in [-0.2, 0) is 16.1 Å². The van der Waals surface area contributed by atoms with Crippen molar-refractivity contribution >= 4 is 23.3 Å². The molecule has 1 heterocycles. The van der Waals surface area contributed by atoms with Crippen molar-refractivity contribution < 1.29 is 19.1 Å². The van der Waals surface area contributed by atoms with E-state index < -0.39 is 5.91 Å². The van der Waals surface area contributed by atoms with Crippen LogP contribution in [0.1, 0.15) is 34.8 Å². The van der Waals surface area contributed by atoms with Crippen LogP contribution in [0.3, 0.4) is 0 Å². The van der Waals surface area contributed by atoms with E-state index >= 15 is 0 Å². The third-order valence-electron chi connectivity index (χ3n) is 5.74. The van der Waals surface area contributed by atoms with Gasteiger partial charge in [0.1, 0.15) is 17.2 Å². The minimum atomic E-state index is -0.744. The number of nitrogens with two attached hydrogens (primary N) is 3. The molecule has 2 aromatic rings. The fraction of sp³-hybridized carbons (Fsp3) is 0.320. The maximum Gasteiger partial charge on any atom is 0.255 e. The number of carbonyl (C=O) groups is 2. The predicted molar refractivity (Wildman–Crippen MR) is 131 cm³/mol. The van der Waals surface area contributed by atoms with Gasteiger partial charge >= 0.3 is 0 Å². The molecule has 0 radical (unpaired) electrons. The van der Waals surface area contributed by atoms with Crippen molar-refractivity contribution in [2.24, 2.45) is 28.1 Å². The van der Waals surface area contributed by atoms with Crippen molar-refractivity contribution in [2.75, 3.05) is 20.3 Å². The summed E-state index contributed by atoms with van der Waals surface area (Å²) in [5.41, 5.74) is 20.0. The van der Waals surface area contributed by atoms with E-state index in [1.165, 1.54) is 7.11 Å². The quantitative estimate of drug-likeness (QED) is 0.263. The minimum Gasteiger partial charge on any atom is -0.496 e. The third-order valence-corrected chi connectivity index (χ3v) is 5.74. The van der Waals surface area contributed by atoms with Crippen molar-refractivity contribution in [3.8, 4) is 5.75 Å². The summed E-state index contributed by atoms with van der Waals surface area (Å²) < 4.78 is 10.7. The Balaban J connectivity index is 1.74. The van der Waals surface area contributed by atoms with Crippen LogP contribution in [0.4, 0.5) is 0 Å². The van der Waals surface area contributed by atoms with Crippen molar-refractivity contribution in [2.45, 2.75) is 25.9 Å². The molecule has 2 aromatic carbocycles. The predicted octanol–water partition coefficient (Wildman–Crippen LogP) is 1.56. The molecule has 0 aliphatic carbocycles. The fourth-order valence-electron chi connectivity index (χ4n) is 3.76. The van der Waals surface area contributed by atoms with Gasteiger partial charge in [0.2, 0.25) is 0 Å². The van der Waals surface area contributed by atoms with Crippen LogP contribution in [0, 0.1) is 5.92 Å². The Labute approximate surface area is 199 Å². The first kappa shape index (κ1) is 24.8. The second kappa shape index (κ2) is 11.3. The van der Waals surface area contributed by atoms with Gasteiger partial charge in [0.05, 0.1) is 31.0 Å². The van der Waals surface area contributed by atoms with Crippen LogP contribution >= 0.6 is 0 Å². The Hall–Kier alpha value is -3.85. The molecule has 9 nitrogen and oxygen atoms in total. The summed E-state index contributed by atoms with van der Waals surface area (Å²) >= 11 is 0. The number of nitrogens with one attached hydrogen (secondary N) is 1. The van der Waals surface area contributed by atoms with E-state index in [2.05, 4.69) is 10.3 Å². The van der Waals surface area contributed by atoms with Gasteiger partial charge in [-0.25, -0.2) is 0 Å². The molecule has 1 aliphatic heterocycles. The first-order valence-corrected chi connectivity index (χ1v) is 11.0. The van der Waals surface area contributed by atoms with E-state index in [9.17, 15) is 9.59 Å². The maximum absolute atomic E-state index is 12.5. The summed E-state index contributed by atoms with van der Waals surface area (Å²) in [6.45, 7) is 3.49. The summed E-state index contributed by atoms with van der Waals surface area (Å²) in [6.07, 6.45) is 0.711. The van der Waals surface area contributed by atoms with Gasteiger partial charge < -0.3 is 32.0 Å². The second-order valence-corrected chi connectivity index (χ2v) is 8.16. The number of nitrogens with zero attached hydrogens (tertiary/aromatic N) is 1. The highest BCUT2D eigenvalue weighted by Gasteiger charge is 2.24. The largest absolute Gasteiger partial charge is 0.496 e. The van der Waals surface area contributed by atoms with Crippen LogP contribution in [0.5, 0.6) is 5.75 Å². The van der Waals surface area contributed by atoms with E-state index in [1.807, 2.05) is 6.92 Å². The molecule has 2 amide bonds. The topological polar surface area (TPSA) is 155 Å². The smallest absolute Gasteiger partial charge is 0.255 e. The lowest BCUT2D eigenvalue weighted by molar-refractivity contribution is -0.114. The average Bonchev–Trinajstić information content (AvgIpc) is 2.84. The zero-order chi connectivity index (χ0) is 24.7. The SMILES string of the molecule is COc1ccccc1C(=O)NCc1ccc(C(N)=C(C(N)=O)C(N)=NC2CCOCC2C)cc1. The van der Waals surface area contributed by atoms with Crippen molar-refractivity contribution in [3.63, 3.8) is 0 Å². The Morgan fingerprint density at radius 2 is 1.82 bits per heavy atom. The molecule has 0 bridgehead atoms. The van der Waals surface area contributed by atoms with Crippen LogP contribution in [-0.4, -0.2) is 44.0 Å². The first-order valence-electron chi connectivity index (χ1n) is 11.0. The summed E-state index contributed by atoms with van der Waals surface area (Å²) in [5, 5.41) is 2.86. The lowest BCUT2D eigenvalue weighted by atomic mass is 9.98. The Morgan fingerprint density at radius 1 is 1.12 bits per heavy atom. The fourth-order valence-corrected chi connectivity index (χ4v) is 3.76. The maximum atomic E-state index is 12.5. The zero-order valence-corrected chi connectivity index (χ0v) is 19.4. The molecular weight excluding hydrogens is 434 g/mol. The molecule has 0 spiro atoms. The molecule has 0 aromatic heterocycles. The normalized spacial score (nSPS) is 19.2.